The normalized spacial score (nSPS) is 13.2. The van der Waals surface area contributed by atoms with E-state index >= 15 is 0 Å². The molecule has 0 saturated carbocycles. The molecule has 0 aliphatic carbocycles. The molecular formula is C18H12N2O6. The van der Waals surface area contributed by atoms with Gasteiger partial charge in [-0.05, 0) is 36.4 Å². The Balaban J connectivity index is 1.75. The number of hydrogen-bond donors (Lipinski definition) is 3. The number of carboxylic acid groups (broad SMARTS) is 1. The topological polar surface area (TPSA) is 122 Å². The van der Waals surface area contributed by atoms with E-state index in [-0.39, 0.29) is 23.8 Å². The Bertz CT molecular complexity index is 1130. The molecule has 3 N–H and O–H groups in total. The van der Waals surface area contributed by atoms with Gasteiger partial charge in [-0.1, -0.05) is 0 Å². The molecule has 4 rings (SSSR count). The number of carbonyl (C=O) groups is 1. The third kappa shape index (κ3) is 2.73. The quantitative estimate of drug-likeness (QED) is 0.619. The van der Waals surface area contributed by atoms with Crippen molar-refractivity contribution in [3.63, 3.8) is 0 Å². The van der Waals surface area contributed by atoms with Crippen LogP contribution in [-0.2, 0) is 0 Å². The zero-order valence-electron chi connectivity index (χ0n) is 13.2. The van der Waals surface area contributed by atoms with Gasteiger partial charge < -0.3 is 24.7 Å². The fourth-order valence-corrected chi connectivity index (χ4v) is 2.60. The van der Waals surface area contributed by atoms with Crippen LogP contribution in [0.1, 0.15) is 21.6 Å². The van der Waals surface area contributed by atoms with E-state index in [9.17, 15) is 14.7 Å². The standard InChI is InChI=1S/C18H12N2O6/c21-14(9-2-4-15-16(6-9)26-8-25-15)7-13-17(22)20-12-5-10(18(23)24)1-3-11(12)19-13/h1-7,21H,8H2,(H,20,22)(H,23,24)/b14-7+. The Morgan fingerprint density at radius 2 is 1.85 bits per heavy atom. The molecular weight excluding hydrogens is 340 g/mol. The highest BCUT2D eigenvalue weighted by atomic mass is 16.7. The van der Waals surface area contributed by atoms with Gasteiger partial charge in [-0.3, -0.25) is 4.79 Å². The van der Waals surface area contributed by atoms with Gasteiger partial charge in [0, 0.05) is 11.6 Å². The van der Waals surface area contributed by atoms with Crippen LogP contribution in [0, 0.1) is 0 Å². The lowest BCUT2D eigenvalue weighted by molar-refractivity contribution is 0.0697. The number of fused-ring (bicyclic) bond motifs is 2. The molecule has 0 bridgehead atoms. The lowest BCUT2D eigenvalue weighted by Gasteiger charge is -2.04. The van der Waals surface area contributed by atoms with E-state index in [2.05, 4.69) is 9.97 Å². The van der Waals surface area contributed by atoms with Gasteiger partial charge in [-0.25, -0.2) is 9.78 Å². The van der Waals surface area contributed by atoms with Crippen molar-refractivity contribution >= 4 is 28.8 Å². The van der Waals surface area contributed by atoms with Crippen molar-refractivity contribution in [3.8, 4) is 11.5 Å². The first-order valence-corrected chi connectivity index (χ1v) is 7.59. The highest BCUT2D eigenvalue weighted by Gasteiger charge is 2.15. The van der Waals surface area contributed by atoms with Gasteiger partial charge in [-0.2, -0.15) is 0 Å². The van der Waals surface area contributed by atoms with Crippen LogP contribution in [0.4, 0.5) is 0 Å². The van der Waals surface area contributed by atoms with E-state index in [0.717, 1.165) is 0 Å². The summed E-state index contributed by atoms with van der Waals surface area (Å²) in [5, 5.41) is 19.3. The van der Waals surface area contributed by atoms with Crippen molar-refractivity contribution < 1.29 is 24.5 Å². The lowest BCUT2D eigenvalue weighted by Crippen LogP contribution is -2.12. The number of aromatic nitrogens is 2. The number of nitrogens with zero attached hydrogens (tertiary/aromatic N) is 1. The number of aliphatic hydroxyl groups excluding tert-OH is 1. The minimum atomic E-state index is -1.10. The number of aliphatic hydroxyl groups is 1. The van der Waals surface area contributed by atoms with Gasteiger partial charge >= 0.3 is 5.97 Å². The van der Waals surface area contributed by atoms with Crippen molar-refractivity contribution in [1.82, 2.24) is 9.97 Å². The summed E-state index contributed by atoms with van der Waals surface area (Å²) in [5.74, 6) is -0.179. The maximum atomic E-state index is 12.2. The SMILES string of the molecule is O=C(O)c1ccc2nc(/C=C(/O)c3ccc4c(c3)OCO4)c(=O)[nH]c2c1. The van der Waals surface area contributed by atoms with Crippen molar-refractivity contribution in [3.05, 3.63) is 63.6 Å². The van der Waals surface area contributed by atoms with E-state index in [4.69, 9.17) is 14.6 Å². The number of carboxylic acids is 1. The average Bonchev–Trinajstić information content (AvgIpc) is 3.09. The van der Waals surface area contributed by atoms with Gasteiger partial charge in [0.05, 0.1) is 16.6 Å². The van der Waals surface area contributed by atoms with Gasteiger partial charge in [-0.15, -0.1) is 0 Å². The molecule has 0 fully saturated rings. The van der Waals surface area contributed by atoms with Crippen LogP contribution < -0.4 is 15.0 Å². The molecule has 2 aromatic carbocycles. The first kappa shape index (κ1) is 15.7. The minimum Gasteiger partial charge on any atom is -0.507 e. The average molecular weight is 352 g/mol. The smallest absolute Gasteiger partial charge is 0.335 e. The van der Waals surface area contributed by atoms with Crippen molar-refractivity contribution in [2.45, 2.75) is 0 Å². The molecule has 8 nitrogen and oxygen atoms in total. The molecule has 0 radical (unpaired) electrons. The van der Waals surface area contributed by atoms with Crippen LogP contribution >= 0.6 is 0 Å². The van der Waals surface area contributed by atoms with Gasteiger partial charge in [0.15, 0.2) is 11.5 Å². The molecule has 26 heavy (non-hydrogen) atoms. The molecule has 0 atom stereocenters. The van der Waals surface area contributed by atoms with Crippen molar-refractivity contribution in [1.29, 1.82) is 0 Å². The van der Waals surface area contributed by atoms with E-state index in [1.165, 1.54) is 24.3 Å². The first-order chi connectivity index (χ1) is 12.5. The van der Waals surface area contributed by atoms with Gasteiger partial charge in [0.2, 0.25) is 6.79 Å². The number of ether oxygens (including phenoxy) is 2. The highest BCUT2D eigenvalue weighted by Crippen LogP contribution is 2.34. The van der Waals surface area contributed by atoms with Crippen LogP contribution in [0.2, 0.25) is 0 Å². The maximum absolute atomic E-state index is 12.2. The molecule has 0 unspecified atom stereocenters. The van der Waals surface area contributed by atoms with Crippen LogP contribution in [0.15, 0.2) is 41.2 Å². The molecule has 0 saturated heterocycles. The van der Waals surface area contributed by atoms with Crippen molar-refractivity contribution in [2.75, 3.05) is 6.79 Å². The number of H-pyrrole nitrogens is 1. The summed E-state index contributed by atoms with van der Waals surface area (Å²) >= 11 is 0. The van der Waals surface area contributed by atoms with Gasteiger partial charge in [0.1, 0.15) is 11.5 Å². The predicted octanol–water partition coefficient (Wildman–Crippen LogP) is 2.41. The molecule has 0 amide bonds. The van der Waals surface area contributed by atoms with Crippen LogP contribution in [0.25, 0.3) is 22.9 Å². The lowest BCUT2D eigenvalue weighted by atomic mass is 10.1. The molecule has 1 aliphatic heterocycles. The number of aromatic amines is 1. The van der Waals surface area contributed by atoms with Crippen LogP contribution in [0.5, 0.6) is 11.5 Å². The zero-order chi connectivity index (χ0) is 18.3. The Morgan fingerprint density at radius 3 is 2.65 bits per heavy atom. The number of rotatable bonds is 3. The predicted molar refractivity (Wildman–Crippen MR) is 92.4 cm³/mol. The Kier molecular flexibility index (Phi) is 3.58. The third-order valence-electron chi connectivity index (χ3n) is 3.91. The number of benzene rings is 2. The number of nitrogens with one attached hydrogen (secondary N) is 1. The Morgan fingerprint density at radius 1 is 1.08 bits per heavy atom. The van der Waals surface area contributed by atoms with E-state index < -0.39 is 11.5 Å². The number of hydrogen-bond acceptors (Lipinski definition) is 6. The third-order valence-corrected chi connectivity index (χ3v) is 3.91. The fourth-order valence-electron chi connectivity index (χ4n) is 2.60. The Labute approximate surface area is 146 Å². The summed E-state index contributed by atoms with van der Waals surface area (Å²) in [6, 6.07) is 9.10. The molecule has 1 aromatic heterocycles. The molecule has 8 heteroatoms. The summed E-state index contributed by atoms with van der Waals surface area (Å²) in [5.41, 5.74) is 0.634. The summed E-state index contributed by atoms with van der Waals surface area (Å²) < 4.78 is 10.5. The van der Waals surface area contributed by atoms with Crippen LogP contribution in [0.3, 0.4) is 0 Å². The largest absolute Gasteiger partial charge is 0.507 e. The second kappa shape index (κ2) is 5.92. The molecule has 3 aromatic rings. The monoisotopic (exact) mass is 352 g/mol. The summed E-state index contributed by atoms with van der Waals surface area (Å²) in [6.45, 7) is 0.119. The summed E-state index contributed by atoms with van der Waals surface area (Å²) in [6.07, 6.45) is 1.24. The second-order valence-corrected chi connectivity index (χ2v) is 5.59. The zero-order valence-corrected chi connectivity index (χ0v) is 13.2. The summed E-state index contributed by atoms with van der Waals surface area (Å²) in [4.78, 5) is 30.0. The summed E-state index contributed by atoms with van der Waals surface area (Å²) in [7, 11) is 0. The molecule has 0 spiro atoms. The van der Waals surface area contributed by atoms with Crippen molar-refractivity contribution in [2.24, 2.45) is 0 Å². The van der Waals surface area contributed by atoms with E-state index in [0.29, 0.717) is 28.1 Å². The minimum absolute atomic E-state index is 0.00394. The Hall–Kier alpha value is -3.81. The maximum Gasteiger partial charge on any atom is 0.335 e. The second-order valence-electron chi connectivity index (χ2n) is 5.59. The molecule has 2 heterocycles. The first-order valence-electron chi connectivity index (χ1n) is 7.59. The number of aromatic carboxylic acids is 1. The highest BCUT2D eigenvalue weighted by molar-refractivity contribution is 5.92. The molecule has 130 valence electrons. The van der Waals surface area contributed by atoms with E-state index in [1.54, 1.807) is 18.2 Å². The van der Waals surface area contributed by atoms with Gasteiger partial charge in [0.25, 0.3) is 5.56 Å². The van der Waals surface area contributed by atoms with E-state index in [1.807, 2.05) is 0 Å². The van der Waals surface area contributed by atoms with Crippen LogP contribution in [-0.4, -0.2) is 32.9 Å². The molecule has 1 aliphatic rings. The fraction of sp³-hybridized carbons (Fsp3) is 0.0556.